The second-order valence-electron chi connectivity index (χ2n) is 8.50. The lowest BCUT2D eigenvalue weighted by Gasteiger charge is -2.42. The Labute approximate surface area is 132 Å². The molecule has 0 amide bonds. The predicted molar refractivity (Wildman–Crippen MR) is 92.3 cm³/mol. The molecule has 0 spiro atoms. The first-order valence-corrected chi connectivity index (χ1v) is 9.47. The molecule has 2 rings (SSSR count). The highest BCUT2D eigenvalue weighted by Crippen LogP contribution is 2.35. The molecule has 2 nitrogen and oxygen atoms in total. The van der Waals surface area contributed by atoms with E-state index >= 15 is 0 Å². The minimum atomic E-state index is 0.423. The zero-order chi connectivity index (χ0) is 15.4. The molecule has 2 saturated carbocycles. The Morgan fingerprint density at radius 1 is 1.10 bits per heavy atom. The zero-order valence-electron chi connectivity index (χ0n) is 14.9. The summed E-state index contributed by atoms with van der Waals surface area (Å²) in [6.07, 6.45) is 9.66. The van der Waals surface area contributed by atoms with Crippen LogP contribution in [0.5, 0.6) is 0 Å². The summed E-state index contributed by atoms with van der Waals surface area (Å²) in [5.74, 6) is 3.15. The number of hydrogen-bond acceptors (Lipinski definition) is 2. The van der Waals surface area contributed by atoms with Gasteiger partial charge in [-0.25, -0.2) is 0 Å². The molecule has 2 aliphatic rings. The van der Waals surface area contributed by atoms with Crippen molar-refractivity contribution in [3.8, 4) is 0 Å². The van der Waals surface area contributed by atoms with Crippen LogP contribution in [0.4, 0.5) is 0 Å². The Bertz CT molecular complexity index is 284. The summed E-state index contributed by atoms with van der Waals surface area (Å²) in [4.78, 5) is 2.82. The summed E-state index contributed by atoms with van der Waals surface area (Å²) in [5, 5.41) is 0. The predicted octanol–water partition coefficient (Wildman–Crippen LogP) is 4.29. The summed E-state index contributed by atoms with van der Waals surface area (Å²) in [6, 6.07) is 1.27. The molecule has 4 unspecified atom stereocenters. The quantitative estimate of drug-likeness (QED) is 0.792. The zero-order valence-corrected chi connectivity index (χ0v) is 14.9. The molecule has 0 saturated heterocycles. The number of nitrogens with zero attached hydrogens (tertiary/aromatic N) is 1. The van der Waals surface area contributed by atoms with Gasteiger partial charge < -0.3 is 10.6 Å². The highest BCUT2D eigenvalue weighted by molar-refractivity contribution is 4.89. The minimum Gasteiger partial charge on any atom is -0.327 e. The molecule has 21 heavy (non-hydrogen) atoms. The fourth-order valence-corrected chi connectivity index (χ4v) is 4.67. The van der Waals surface area contributed by atoms with E-state index in [9.17, 15) is 0 Å². The molecule has 0 heterocycles. The molecular weight excluding hydrogens is 256 g/mol. The molecule has 2 heteroatoms. The van der Waals surface area contributed by atoms with Gasteiger partial charge in [-0.3, -0.25) is 0 Å². The maximum Gasteiger partial charge on any atom is 0.00953 e. The van der Waals surface area contributed by atoms with Crippen LogP contribution in [0.1, 0.15) is 72.6 Å². The fraction of sp³-hybridized carbons (Fsp3) is 1.00. The maximum atomic E-state index is 6.54. The van der Waals surface area contributed by atoms with Gasteiger partial charge in [-0.05, 0) is 62.3 Å². The van der Waals surface area contributed by atoms with Crippen LogP contribution in [-0.2, 0) is 0 Å². The van der Waals surface area contributed by atoms with Crippen LogP contribution in [0, 0.1) is 23.7 Å². The second kappa shape index (κ2) is 7.97. The highest BCUT2D eigenvalue weighted by Gasteiger charge is 2.34. The molecule has 0 aromatic carbocycles. The Morgan fingerprint density at radius 3 is 2.33 bits per heavy atom. The molecule has 124 valence electrons. The van der Waals surface area contributed by atoms with Crippen LogP contribution >= 0.6 is 0 Å². The van der Waals surface area contributed by atoms with Gasteiger partial charge in [0.05, 0.1) is 0 Å². The molecule has 4 atom stereocenters. The lowest BCUT2D eigenvalue weighted by Crippen LogP contribution is -2.49. The number of nitrogens with two attached hydrogens (primary N) is 1. The van der Waals surface area contributed by atoms with Crippen LogP contribution in [0.2, 0.25) is 0 Å². The molecule has 2 fully saturated rings. The van der Waals surface area contributed by atoms with Gasteiger partial charge >= 0.3 is 0 Å². The lowest BCUT2D eigenvalue weighted by molar-refractivity contribution is 0.0900. The summed E-state index contributed by atoms with van der Waals surface area (Å²) in [6.45, 7) is 12.1. The van der Waals surface area contributed by atoms with Crippen molar-refractivity contribution in [1.82, 2.24) is 4.90 Å². The van der Waals surface area contributed by atoms with Crippen LogP contribution in [-0.4, -0.2) is 30.1 Å². The van der Waals surface area contributed by atoms with E-state index in [0.29, 0.717) is 12.0 Å². The SMILES string of the molecule is CC(C)CCN(CC1C(C)CC(C)CC1N)C1CCCC1. The van der Waals surface area contributed by atoms with E-state index in [-0.39, 0.29) is 0 Å². The lowest BCUT2D eigenvalue weighted by atomic mass is 9.72. The Morgan fingerprint density at radius 2 is 1.76 bits per heavy atom. The van der Waals surface area contributed by atoms with E-state index in [1.54, 1.807) is 0 Å². The van der Waals surface area contributed by atoms with Gasteiger partial charge in [0.25, 0.3) is 0 Å². The van der Waals surface area contributed by atoms with Gasteiger partial charge in [0.2, 0.25) is 0 Å². The van der Waals surface area contributed by atoms with Crippen molar-refractivity contribution >= 4 is 0 Å². The fourth-order valence-electron chi connectivity index (χ4n) is 4.67. The molecule has 2 aliphatic carbocycles. The van der Waals surface area contributed by atoms with Crippen molar-refractivity contribution in [2.45, 2.75) is 84.7 Å². The summed E-state index contributed by atoms with van der Waals surface area (Å²) >= 11 is 0. The van der Waals surface area contributed by atoms with Crippen molar-refractivity contribution in [1.29, 1.82) is 0 Å². The van der Waals surface area contributed by atoms with Gasteiger partial charge in [0.1, 0.15) is 0 Å². The minimum absolute atomic E-state index is 0.423. The van der Waals surface area contributed by atoms with Gasteiger partial charge in [0, 0.05) is 18.6 Å². The largest absolute Gasteiger partial charge is 0.327 e. The van der Waals surface area contributed by atoms with Crippen molar-refractivity contribution in [2.24, 2.45) is 29.4 Å². The van der Waals surface area contributed by atoms with Gasteiger partial charge in [-0.2, -0.15) is 0 Å². The van der Waals surface area contributed by atoms with E-state index in [1.807, 2.05) is 0 Å². The molecule has 0 radical (unpaired) electrons. The first-order valence-electron chi connectivity index (χ1n) is 9.47. The highest BCUT2D eigenvalue weighted by atomic mass is 15.2. The standard InChI is InChI=1S/C19H38N2/c1-14(2)9-10-21(17-7-5-6-8-17)13-18-16(4)11-15(3)12-19(18)20/h14-19H,5-13,20H2,1-4H3. The number of rotatable bonds is 6. The normalized spacial score (nSPS) is 35.0. The monoisotopic (exact) mass is 294 g/mol. The topological polar surface area (TPSA) is 29.3 Å². The third-order valence-electron chi connectivity index (χ3n) is 6.01. The average molecular weight is 295 g/mol. The van der Waals surface area contributed by atoms with E-state index < -0.39 is 0 Å². The maximum absolute atomic E-state index is 6.54. The average Bonchev–Trinajstić information content (AvgIpc) is 2.90. The third kappa shape index (κ3) is 4.96. The smallest absolute Gasteiger partial charge is 0.00953 e. The molecular formula is C19H38N2. The molecule has 0 bridgehead atoms. The van der Waals surface area contributed by atoms with E-state index in [4.69, 9.17) is 5.73 Å². The molecule has 2 N–H and O–H groups in total. The van der Waals surface area contributed by atoms with Crippen LogP contribution in [0.15, 0.2) is 0 Å². The van der Waals surface area contributed by atoms with E-state index in [2.05, 4.69) is 32.6 Å². The molecule has 0 aromatic heterocycles. The molecule has 0 aliphatic heterocycles. The third-order valence-corrected chi connectivity index (χ3v) is 6.01. The van der Waals surface area contributed by atoms with Crippen LogP contribution in [0.25, 0.3) is 0 Å². The second-order valence-corrected chi connectivity index (χ2v) is 8.50. The van der Waals surface area contributed by atoms with Crippen molar-refractivity contribution in [3.63, 3.8) is 0 Å². The van der Waals surface area contributed by atoms with Crippen molar-refractivity contribution in [3.05, 3.63) is 0 Å². The van der Waals surface area contributed by atoms with Gasteiger partial charge in [0.15, 0.2) is 0 Å². The van der Waals surface area contributed by atoms with Crippen molar-refractivity contribution < 1.29 is 0 Å². The van der Waals surface area contributed by atoms with E-state index in [0.717, 1.165) is 23.8 Å². The van der Waals surface area contributed by atoms with Crippen LogP contribution in [0.3, 0.4) is 0 Å². The summed E-state index contributed by atoms with van der Waals surface area (Å²) < 4.78 is 0. The first kappa shape index (κ1) is 17.3. The Balaban J connectivity index is 1.95. The number of hydrogen-bond donors (Lipinski definition) is 1. The van der Waals surface area contributed by atoms with E-state index in [1.165, 1.54) is 58.0 Å². The molecule has 0 aromatic rings. The van der Waals surface area contributed by atoms with Crippen LogP contribution < -0.4 is 5.73 Å². The van der Waals surface area contributed by atoms with Gasteiger partial charge in [-0.15, -0.1) is 0 Å². The Kier molecular flexibility index (Phi) is 6.55. The summed E-state index contributed by atoms with van der Waals surface area (Å²) in [5.41, 5.74) is 6.54. The van der Waals surface area contributed by atoms with Crippen molar-refractivity contribution in [2.75, 3.05) is 13.1 Å². The first-order chi connectivity index (χ1) is 9.97. The summed E-state index contributed by atoms with van der Waals surface area (Å²) in [7, 11) is 0. The Hall–Kier alpha value is -0.0800. The van der Waals surface area contributed by atoms with Gasteiger partial charge in [-0.1, -0.05) is 40.5 Å².